The number of sulfonamides is 1. The molecule has 2 aromatic rings. The lowest BCUT2D eigenvalue weighted by molar-refractivity contribution is -0.136. The maximum atomic E-state index is 12.0. The fraction of sp³-hybridized carbons (Fsp3) is 0.267. The third kappa shape index (κ3) is 4.44. The number of nitrogens with one attached hydrogen (secondary N) is 1. The van der Waals surface area contributed by atoms with Crippen molar-refractivity contribution >= 4 is 16.0 Å². The van der Waals surface area contributed by atoms with Crippen LogP contribution in [-0.2, 0) is 27.8 Å². The van der Waals surface area contributed by atoms with Crippen LogP contribution >= 0.6 is 0 Å². The molecular weight excluding hydrogens is 306 g/mol. The molecule has 0 aliphatic rings. The normalized spacial score (nSPS) is 11.5. The zero-order valence-electron chi connectivity index (χ0n) is 12.1. The van der Waals surface area contributed by atoms with E-state index in [9.17, 15) is 13.2 Å². The summed E-state index contributed by atoms with van der Waals surface area (Å²) in [6.07, 6.45) is 1.91. The van der Waals surface area contributed by atoms with Gasteiger partial charge in [-0.25, -0.2) is 13.1 Å². The van der Waals surface area contributed by atoms with Gasteiger partial charge in [-0.05, 0) is 30.0 Å². The lowest BCUT2D eigenvalue weighted by atomic mass is 10.1. The minimum atomic E-state index is -3.66. The molecule has 0 spiro atoms. The Morgan fingerprint density at radius 1 is 1.23 bits per heavy atom. The summed E-state index contributed by atoms with van der Waals surface area (Å²) in [5.41, 5.74) is 2.42. The Kier molecular flexibility index (Phi) is 4.99. The predicted octanol–water partition coefficient (Wildman–Crippen LogP) is 2.08. The van der Waals surface area contributed by atoms with E-state index in [1.807, 2.05) is 0 Å². The van der Waals surface area contributed by atoms with Crippen LogP contribution in [0.3, 0.4) is 0 Å². The Morgan fingerprint density at radius 3 is 2.41 bits per heavy atom. The van der Waals surface area contributed by atoms with Crippen molar-refractivity contribution in [1.29, 1.82) is 0 Å². The Bertz CT molecular complexity index is 746. The first-order valence-corrected chi connectivity index (χ1v) is 8.19. The van der Waals surface area contributed by atoms with E-state index in [0.29, 0.717) is 6.42 Å². The van der Waals surface area contributed by atoms with Gasteiger partial charge in [0, 0.05) is 19.0 Å². The average molecular weight is 323 g/mol. The molecule has 118 valence electrons. The highest BCUT2D eigenvalue weighted by Gasteiger charge is 2.17. The number of aryl methyl sites for hydroxylation is 2. The molecule has 7 heteroatoms. The van der Waals surface area contributed by atoms with Gasteiger partial charge in [0.25, 0.3) is 10.0 Å². The zero-order valence-corrected chi connectivity index (χ0v) is 12.9. The maximum Gasteiger partial charge on any atom is 0.303 e. The Hall–Kier alpha value is -2.12. The maximum absolute atomic E-state index is 12.0. The highest BCUT2D eigenvalue weighted by atomic mass is 32.2. The number of carboxylic acids is 1. The van der Waals surface area contributed by atoms with E-state index >= 15 is 0 Å². The van der Waals surface area contributed by atoms with Gasteiger partial charge in [0.1, 0.15) is 0 Å². The molecule has 6 nitrogen and oxygen atoms in total. The fourth-order valence-corrected chi connectivity index (χ4v) is 2.89. The molecule has 0 aliphatic carbocycles. The summed E-state index contributed by atoms with van der Waals surface area (Å²) in [5, 5.41) is 8.52. The number of hydrogen-bond acceptors (Lipinski definition) is 4. The van der Waals surface area contributed by atoms with E-state index < -0.39 is 16.0 Å². The van der Waals surface area contributed by atoms with Crippen molar-refractivity contribution in [3.8, 4) is 0 Å². The van der Waals surface area contributed by atoms with Crippen LogP contribution in [0.1, 0.15) is 23.1 Å². The van der Waals surface area contributed by atoms with Crippen LogP contribution in [0.15, 0.2) is 46.1 Å². The Morgan fingerprint density at radius 2 is 1.86 bits per heavy atom. The second-order valence-corrected chi connectivity index (χ2v) is 6.68. The summed E-state index contributed by atoms with van der Waals surface area (Å²) in [5.74, 6) is -0.842. The number of furan rings is 1. The van der Waals surface area contributed by atoms with Crippen molar-refractivity contribution in [2.24, 2.45) is 0 Å². The molecule has 0 saturated carbocycles. The topological polar surface area (TPSA) is 96.6 Å². The SMILES string of the molecule is Cc1coc(S(=O)(=O)NCc2ccc(CCC(=O)O)cc2)c1. The monoisotopic (exact) mass is 323 g/mol. The second-order valence-electron chi connectivity index (χ2n) is 4.98. The molecule has 1 heterocycles. The summed E-state index contributed by atoms with van der Waals surface area (Å²) < 4.78 is 31.4. The summed E-state index contributed by atoms with van der Waals surface area (Å²) in [4.78, 5) is 10.5. The smallest absolute Gasteiger partial charge is 0.303 e. The molecule has 22 heavy (non-hydrogen) atoms. The van der Waals surface area contributed by atoms with Crippen LogP contribution < -0.4 is 4.72 Å². The summed E-state index contributed by atoms with van der Waals surface area (Å²) in [6.45, 7) is 1.89. The molecule has 0 unspecified atom stereocenters. The van der Waals surface area contributed by atoms with Gasteiger partial charge in [0.2, 0.25) is 5.09 Å². The van der Waals surface area contributed by atoms with E-state index in [2.05, 4.69) is 4.72 Å². The first-order chi connectivity index (χ1) is 10.4. The molecule has 1 aromatic carbocycles. The van der Waals surface area contributed by atoms with Gasteiger partial charge in [0.15, 0.2) is 0 Å². The number of hydrogen-bond donors (Lipinski definition) is 2. The molecule has 0 atom stereocenters. The van der Waals surface area contributed by atoms with Crippen molar-refractivity contribution < 1.29 is 22.7 Å². The number of rotatable bonds is 7. The lowest BCUT2D eigenvalue weighted by Gasteiger charge is -2.05. The van der Waals surface area contributed by atoms with Crippen molar-refractivity contribution in [2.45, 2.75) is 31.4 Å². The summed E-state index contributed by atoms with van der Waals surface area (Å²) >= 11 is 0. The van der Waals surface area contributed by atoms with Gasteiger partial charge >= 0.3 is 5.97 Å². The van der Waals surface area contributed by atoms with Gasteiger partial charge in [0.05, 0.1) is 6.26 Å². The third-order valence-electron chi connectivity index (χ3n) is 3.09. The van der Waals surface area contributed by atoms with Crippen molar-refractivity contribution in [1.82, 2.24) is 4.72 Å². The molecule has 0 fully saturated rings. The van der Waals surface area contributed by atoms with E-state index in [1.165, 1.54) is 12.3 Å². The fourth-order valence-electron chi connectivity index (χ4n) is 1.87. The number of benzene rings is 1. The van der Waals surface area contributed by atoms with Gasteiger partial charge in [-0.3, -0.25) is 4.79 Å². The predicted molar refractivity (Wildman–Crippen MR) is 79.9 cm³/mol. The Balaban J connectivity index is 1.95. The van der Waals surface area contributed by atoms with Crippen molar-refractivity contribution in [2.75, 3.05) is 0 Å². The van der Waals surface area contributed by atoms with Crippen LogP contribution in [0.4, 0.5) is 0 Å². The largest absolute Gasteiger partial charge is 0.481 e. The van der Waals surface area contributed by atoms with Gasteiger partial charge in [-0.1, -0.05) is 24.3 Å². The molecular formula is C15H17NO5S. The summed E-state index contributed by atoms with van der Waals surface area (Å²) in [7, 11) is -3.66. The quantitative estimate of drug-likeness (QED) is 0.813. The van der Waals surface area contributed by atoms with E-state index in [4.69, 9.17) is 9.52 Å². The highest BCUT2D eigenvalue weighted by molar-refractivity contribution is 7.89. The molecule has 0 radical (unpaired) electrons. The molecule has 0 amide bonds. The number of aliphatic carboxylic acids is 1. The van der Waals surface area contributed by atoms with Gasteiger partial charge in [-0.15, -0.1) is 0 Å². The minimum Gasteiger partial charge on any atom is -0.481 e. The highest BCUT2D eigenvalue weighted by Crippen LogP contribution is 2.13. The molecule has 2 N–H and O–H groups in total. The van der Waals surface area contributed by atoms with Crippen LogP contribution in [0.2, 0.25) is 0 Å². The van der Waals surface area contributed by atoms with Crippen molar-refractivity contribution in [3.05, 3.63) is 53.3 Å². The van der Waals surface area contributed by atoms with E-state index in [1.54, 1.807) is 31.2 Å². The van der Waals surface area contributed by atoms with E-state index in [-0.39, 0.29) is 18.1 Å². The number of carboxylic acid groups (broad SMARTS) is 1. The molecule has 1 aromatic heterocycles. The van der Waals surface area contributed by atoms with Crippen LogP contribution in [0.5, 0.6) is 0 Å². The molecule has 0 bridgehead atoms. The second kappa shape index (κ2) is 6.76. The van der Waals surface area contributed by atoms with Crippen LogP contribution in [-0.4, -0.2) is 19.5 Å². The number of carbonyl (C=O) groups is 1. The van der Waals surface area contributed by atoms with E-state index in [0.717, 1.165) is 16.7 Å². The summed E-state index contributed by atoms with van der Waals surface area (Å²) in [6, 6.07) is 8.59. The Labute approximate surface area is 128 Å². The van der Waals surface area contributed by atoms with Crippen LogP contribution in [0, 0.1) is 6.92 Å². The van der Waals surface area contributed by atoms with Crippen molar-refractivity contribution in [3.63, 3.8) is 0 Å². The molecule has 0 saturated heterocycles. The average Bonchev–Trinajstić information content (AvgIpc) is 2.91. The minimum absolute atomic E-state index is 0.0732. The third-order valence-corrected chi connectivity index (χ3v) is 4.36. The molecule has 0 aliphatic heterocycles. The lowest BCUT2D eigenvalue weighted by Crippen LogP contribution is -2.22. The standard InChI is InChI=1S/C15H17NO5S/c1-11-8-15(21-10-11)22(19,20)16-9-13-4-2-12(3-5-13)6-7-14(17)18/h2-5,8,10,16H,6-7,9H2,1H3,(H,17,18). The first-order valence-electron chi connectivity index (χ1n) is 6.71. The van der Waals surface area contributed by atoms with Crippen LogP contribution in [0.25, 0.3) is 0 Å². The first kappa shape index (κ1) is 16.3. The van der Waals surface area contributed by atoms with Gasteiger partial charge in [-0.2, -0.15) is 0 Å². The molecule has 2 rings (SSSR count). The van der Waals surface area contributed by atoms with Gasteiger partial charge < -0.3 is 9.52 Å². The zero-order chi connectivity index (χ0) is 16.2.